The lowest BCUT2D eigenvalue weighted by Crippen LogP contribution is -2.02. The van der Waals surface area contributed by atoms with Gasteiger partial charge in [-0.1, -0.05) is 35.5 Å². The molecule has 1 N–H and O–H groups in total. The zero-order valence-electron chi connectivity index (χ0n) is 13.5. The van der Waals surface area contributed by atoms with E-state index in [9.17, 15) is 4.79 Å². The van der Waals surface area contributed by atoms with Crippen LogP contribution in [0.3, 0.4) is 0 Å². The van der Waals surface area contributed by atoms with Crippen molar-refractivity contribution in [1.29, 1.82) is 0 Å². The number of carboxylic acid groups (broad SMARTS) is 1. The number of hydrogen-bond acceptors (Lipinski definition) is 6. The van der Waals surface area contributed by atoms with Gasteiger partial charge < -0.3 is 14.3 Å². The molecule has 25 heavy (non-hydrogen) atoms. The number of aromatic carboxylic acids is 1. The predicted molar refractivity (Wildman–Crippen MR) is 94.1 cm³/mol. The molecule has 3 aromatic rings. The number of carbonyl (C=O) groups is 1. The number of carboxylic acids is 1. The third-order valence-corrected chi connectivity index (χ3v) is 4.15. The van der Waals surface area contributed by atoms with Crippen LogP contribution in [0.4, 0.5) is 0 Å². The van der Waals surface area contributed by atoms with Gasteiger partial charge in [0.05, 0.1) is 12.2 Å². The molecule has 0 unspecified atom stereocenters. The Morgan fingerprint density at radius 3 is 2.76 bits per heavy atom. The Kier molecular flexibility index (Phi) is 5.35. The average molecular weight is 356 g/mol. The minimum absolute atomic E-state index is 0.199. The first kappa shape index (κ1) is 17.0. The van der Waals surface area contributed by atoms with Gasteiger partial charge in [0.15, 0.2) is 0 Å². The molecule has 0 bridgehead atoms. The Labute approximate surface area is 148 Å². The summed E-state index contributed by atoms with van der Waals surface area (Å²) in [5.74, 6) is 0.630. The highest BCUT2D eigenvalue weighted by atomic mass is 32.2. The van der Waals surface area contributed by atoms with Crippen molar-refractivity contribution in [1.82, 2.24) is 10.2 Å². The van der Waals surface area contributed by atoms with Crippen molar-refractivity contribution in [3.63, 3.8) is 0 Å². The first-order valence-electron chi connectivity index (χ1n) is 7.61. The third kappa shape index (κ3) is 4.60. The molecule has 0 saturated heterocycles. The van der Waals surface area contributed by atoms with Gasteiger partial charge in [-0.15, -0.1) is 10.2 Å². The first-order valence-corrected chi connectivity index (χ1v) is 8.60. The van der Waals surface area contributed by atoms with Crippen LogP contribution in [0, 0.1) is 6.92 Å². The lowest BCUT2D eigenvalue weighted by molar-refractivity contribution is 0.0696. The summed E-state index contributed by atoms with van der Waals surface area (Å²) in [6, 6.07) is 14.3. The number of rotatable bonds is 7. The Morgan fingerprint density at radius 2 is 2.00 bits per heavy atom. The first-order chi connectivity index (χ1) is 12.1. The number of benzene rings is 2. The Bertz CT molecular complexity index is 862. The Balaban J connectivity index is 1.50. The van der Waals surface area contributed by atoms with Crippen LogP contribution in [0.15, 0.2) is 58.2 Å². The maximum atomic E-state index is 10.9. The van der Waals surface area contributed by atoms with Crippen molar-refractivity contribution >= 4 is 17.7 Å². The summed E-state index contributed by atoms with van der Waals surface area (Å²) in [7, 11) is 0. The van der Waals surface area contributed by atoms with Crippen molar-refractivity contribution < 1.29 is 19.1 Å². The van der Waals surface area contributed by atoms with Crippen LogP contribution >= 0.6 is 11.8 Å². The van der Waals surface area contributed by atoms with Gasteiger partial charge in [0.1, 0.15) is 5.75 Å². The Morgan fingerprint density at radius 1 is 1.20 bits per heavy atom. The normalized spacial score (nSPS) is 10.6. The summed E-state index contributed by atoms with van der Waals surface area (Å²) in [6.45, 7) is 2.42. The maximum Gasteiger partial charge on any atom is 0.335 e. The van der Waals surface area contributed by atoms with E-state index in [1.165, 1.54) is 29.5 Å². The van der Waals surface area contributed by atoms with Crippen molar-refractivity contribution in [3.8, 4) is 17.2 Å². The van der Waals surface area contributed by atoms with Gasteiger partial charge in [-0.05, 0) is 37.3 Å². The van der Waals surface area contributed by atoms with Crippen LogP contribution in [0.25, 0.3) is 11.5 Å². The molecule has 0 spiro atoms. The summed E-state index contributed by atoms with van der Waals surface area (Å²) < 4.78 is 11.2. The van der Waals surface area contributed by atoms with Crippen LogP contribution < -0.4 is 4.74 Å². The van der Waals surface area contributed by atoms with Gasteiger partial charge in [-0.2, -0.15) is 0 Å². The van der Waals surface area contributed by atoms with E-state index in [0.717, 1.165) is 5.56 Å². The van der Waals surface area contributed by atoms with Crippen molar-refractivity contribution in [2.24, 2.45) is 0 Å². The Hall–Kier alpha value is -2.80. The molecule has 0 fully saturated rings. The molecule has 0 amide bonds. The molecule has 6 nitrogen and oxygen atoms in total. The lowest BCUT2D eigenvalue weighted by Gasteiger charge is -2.05. The van der Waals surface area contributed by atoms with Crippen molar-refractivity contribution in [2.45, 2.75) is 12.1 Å². The smallest absolute Gasteiger partial charge is 0.335 e. The second-order valence-electron chi connectivity index (χ2n) is 5.27. The summed E-state index contributed by atoms with van der Waals surface area (Å²) in [6.07, 6.45) is 0. The predicted octanol–water partition coefficient (Wildman–Crippen LogP) is 3.91. The van der Waals surface area contributed by atoms with Crippen LogP contribution in [0.1, 0.15) is 15.9 Å². The number of aromatic nitrogens is 2. The summed E-state index contributed by atoms with van der Waals surface area (Å²) >= 11 is 1.39. The maximum absolute atomic E-state index is 10.9. The van der Waals surface area contributed by atoms with E-state index < -0.39 is 5.97 Å². The number of nitrogens with zero attached hydrogens (tertiary/aromatic N) is 2. The summed E-state index contributed by atoms with van der Waals surface area (Å²) in [4.78, 5) is 10.9. The zero-order valence-corrected chi connectivity index (χ0v) is 14.3. The van der Waals surface area contributed by atoms with Gasteiger partial charge in [0.25, 0.3) is 5.22 Å². The monoisotopic (exact) mass is 356 g/mol. The van der Waals surface area contributed by atoms with Crippen LogP contribution in [0.2, 0.25) is 0 Å². The highest BCUT2D eigenvalue weighted by molar-refractivity contribution is 7.99. The minimum Gasteiger partial charge on any atom is -0.493 e. The number of aryl methyl sites for hydroxylation is 1. The summed E-state index contributed by atoms with van der Waals surface area (Å²) in [5.41, 5.74) is 2.25. The fourth-order valence-electron chi connectivity index (χ4n) is 2.09. The molecular formula is C18H16N2O4S. The molecule has 0 aliphatic carbocycles. The molecule has 1 aromatic heterocycles. The SMILES string of the molecule is Cc1ccc(-c2nnc(SCCOc3cccc(C(=O)O)c3)o2)cc1. The minimum atomic E-state index is -0.977. The quantitative estimate of drug-likeness (QED) is 0.507. The molecule has 0 aliphatic heterocycles. The second-order valence-corrected chi connectivity index (χ2v) is 6.32. The van der Waals surface area contributed by atoms with E-state index in [1.54, 1.807) is 12.1 Å². The molecule has 3 rings (SSSR count). The van der Waals surface area contributed by atoms with Crippen molar-refractivity contribution in [2.75, 3.05) is 12.4 Å². The topological polar surface area (TPSA) is 85.5 Å². The van der Waals surface area contributed by atoms with Crippen LogP contribution in [-0.2, 0) is 0 Å². The largest absolute Gasteiger partial charge is 0.493 e. The molecule has 2 aromatic carbocycles. The number of ether oxygens (including phenoxy) is 1. The van der Waals surface area contributed by atoms with Gasteiger partial charge in [-0.25, -0.2) is 4.79 Å². The molecule has 128 valence electrons. The molecular weight excluding hydrogens is 340 g/mol. The van der Waals surface area contributed by atoms with E-state index >= 15 is 0 Å². The molecule has 0 aliphatic rings. The van der Waals surface area contributed by atoms with Crippen molar-refractivity contribution in [3.05, 3.63) is 59.7 Å². The van der Waals surface area contributed by atoms with Crippen LogP contribution in [-0.4, -0.2) is 33.6 Å². The average Bonchev–Trinajstić information content (AvgIpc) is 3.08. The van der Waals surface area contributed by atoms with E-state index in [1.807, 2.05) is 31.2 Å². The number of hydrogen-bond donors (Lipinski definition) is 1. The second kappa shape index (κ2) is 7.85. The molecule has 7 heteroatoms. The van der Waals surface area contributed by atoms with Crippen LogP contribution in [0.5, 0.6) is 5.75 Å². The fourth-order valence-corrected chi connectivity index (χ4v) is 2.67. The highest BCUT2D eigenvalue weighted by Gasteiger charge is 2.09. The molecule has 0 radical (unpaired) electrons. The lowest BCUT2D eigenvalue weighted by atomic mass is 10.1. The number of thioether (sulfide) groups is 1. The van der Waals surface area contributed by atoms with Gasteiger partial charge >= 0.3 is 5.97 Å². The van der Waals surface area contributed by atoms with Gasteiger partial charge in [-0.3, -0.25) is 0 Å². The van der Waals surface area contributed by atoms with E-state index in [-0.39, 0.29) is 5.56 Å². The van der Waals surface area contributed by atoms with Gasteiger partial charge in [0.2, 0.25) is 5.89 Å². The fraction of sp³-hybridized carbons (Fsp3) is 0.167. The molecule has 1 heterocycles. The zero-order chi connectivity index (χ0) is 17.6. The van der Waals surface area contributed by atoms with E-state index in [0.29, 0.717) is 29.2 Å². The molecule has 0 saturated carbocycles. The van der Waals surface area contributed by atoms with E-state index in [4.69, 9.17) is 14.3 Å². The van der Waals surface area contributed by atoms with E-state index in [2.05, 4.69) is 10.2 Å². The third-order valence-electron chi connectivity index (χ3n) is 3.36. The highest BCUT2D eigenvalue weighted by Crippen LogP contribution is 2.23. The molecule has 0 atom stereocenters. The van der Waals surface area contributed by atoms with Gasteiger partial charge in [0, 0.05) is 11.3 Å². The summed E-state index contributed by atoms with van der Waals surface area (Å²) in [5, 5.41) is 17.5. The standard InChI is InChI=1S/C18H16N2O4S/c1-12-5-7-13(8-6-12)16-19-20-18(24-16)25-10-9-23-15-4-2-3-14(11-15)17(21)22/h2-8,11H,9-10H2,1H3,(H,21,22).